The molecule has 0 saturated heterocycles. The summed E-state index contributed by atoms with van der Waals surface area (Å²) < 4.78 is 29.2. The van der Waals surface area contributed by atoms with E-state index >= 15 is 0 Å². The van der Waals surface area contributed by atoms with Crippen LogP contribution in [-0.4, -0.2) is 16.1 Å². The van der Waals surface area contributed by atoms with Crippen molar-refractivity contribution in [3.8, 4) is 5.69 Å². The lowest BCUT2D eigenvalue weighted by Gasteiger charge is -2.16. The number of hydrogen-bond acceptors (Lipinski definition) is 2. The van der Waals surface area contributed by atoms with E-state index in [1.807, 2.05) is 6.92 Å². The standard InChI is InChI=1S/C14H15F2N3/c1-2-14-18-11-8-17-6-5-12(11)19(14)13-7-9(15)3-4-10(13)16/h3-4,7,17H,2,5-6,8H2,1H3. The predicted octanol–water partition coefficient (Wildman–Crippen LogP) is 2.36. The van der Waals surface area contributed by atoms with Crippen molar-refractivity contribution in [2.45, 2.75) is 26.3 Å². The summed E-state index contributed by atoms with van der Waals surface area (Å²) in [5.74, 6) is -0.0807. The largest absolute Gasteiger partial charge is 0.311 e. The fourth-order valence-corrected chi connectivity index (χ4v) is 2.55. The third-order valence-corrected chi connectivity index (χ3v) is 3.42. The lowest BCUT2D eigenvalue weighted by atomic mass is 10.1. The molecule has 3 nitrogen and oxygen atoms in total. The number of nitrogens with one attached hydrogen (secondary N) is 1. The maximum Gasteiger partial charge on any atom is 0.147 e. The molecule has 2 aromatic rings. The molecule has 0 bridgehead atoms. The Labute approximate surface area is 110 Å². The second-order valence-corrected chi connectivity index (χ2v) is 4.63. The third kappa shape index (κ3) is 2.04. The normalized spacial score (nSPS) is 14.5. The molecule has 0 amide bonds. The van der Waals surface area contributed by atoms with E-state index < -0.39 is 11.6 Å². The van der Waals surface area contributed by atoms with E-state index in [0.29, 0.717) is 13.0 Å². The summed E-state index contributed by atoms with van der Waals surface area (Å²) >= 11 is 0. The predicted molar refractivity (Wildman–Crippen MR) is 68.3 cm³/mol. The Morgan fingerprint density at radius 3 is 3.00 bits per heavy atom. The number of aromatic nitrogens is 2. The summed E-state index contributed by atoms with van der Waals surface area (Å²) in [5, 5.41) is 3.24. The van der Waals surface area contributed by atoms with Crippen LogP contribution >= 0.6 is 0 Å². The molecule has 0 aliphatic carbocycles. The first-order valence-corrected chi connectivity index (χ1v) is 6.46. The average molecular weight is 263 g/mol. The van der Waals surface area contributed by atoms with E-state index in [1.54, 1.807) is 4.57 Å². The Hall–Kier alpha value is -1.75. The van der Waals surface area contributed by atoms with Gasteiger partial charge in [-0.05, 0) is 12.1 Å². The topological polar surface area (TPSA) is 29.9 Å². The van der Waals surface area contributed by atoms with Gasteiger partial charge in [0.05, 0.1) is 11.4 Å². The van der Waals surface area contributed by atoms with E-state index in [2.05, 4.69) is 10.3 Å². The molecule has 1 aromatic carbocycles. The molecule has 1 aliphatic rings. The highest BCUT2D eigenvalue weighted by molar-refractivity contribution is 5.40. The summed E-state index contributed by atoms with van der Waals surface area (Å²) in [6.07, 6.45) is 1.46. The SMILES string of the molecule is CCc1nc2c(n1-c1cc(F)ccc1F)CCNC2. The van der Waals surface area contributed by atoms with Crippen LogP contribution in [-0.2, 0) is 19.4 Å². The molecular weight excluding hydrogens is 248 g/mol. The molecule has 3 rings (SSSR count). The minimum atomic E-state index is -0.435. The first-order valence-electron chi connectivity index (χ1n) is 6.46. The highest BCUT2D eigenvalue weighted by Gasteiger charge is 2.21. The van der Waals surface area contributed by atoms with E-state index in [-0.39, 0.29) is 5.69 Å². The molecule has 0 saturated carbocycles. The molecule has 0 fully saturated rings. The van der Waals surface area contributed by atoms with Crippen molar-refractivity contribution in [1.29, 1.82) is 0 Å². The number of fused-ring (bicyclic) bond motifs is 1. The van der Waals surface area contributed by atoms with Crippen LogP contribution in [0.25, 0.3) is 5.69 Å². The zero-order valence-electron chi connectivity index (χ0n) is 10.7. The van der Waals surface area contributed by atoms with Crippen LogP contribution in [0.5, 0.6) is 0 Å². The second-order valence-electron chi connectivity index (χ2n) is 4.63. The minimum absolute atomic E-state index is 0.257. The van der Waals surface area contributed by atoms with Crippen LogP contribution in [0.1, 0.15) is 24.1 Å². The van der Waals surface area contributed by atoms with E-state index in [9.17, 15) is 8.78 Å². The Kier molecular flexibility index (Phi) is 3.06. The number of rotatable bonds is 2. The maximum atomic E-state index is 14.0. The lowest BCUT2D eigenvalue weighted by molar-refractivity contribution is 0.582. The molecule has 1 aromatic heterocycles. The van der Waals surface area contributed by atoms with Crippen LogP contribution in [0.3, 0.4) is 0 Å². The summed E-state index contributed by atoms with van der Waals surface area (Å²) in [6, 6.07) is 3.53. The van der Waals surface area contributed by atoms with Gasteiger partial charge in [-0.25, -0.2) is 13.8 Å². The molecule has 1 N–H and O–H groups in total. The van der Waals surface area contributed by atoms with Crippen molar-refractivity contribution in [2.24, 2.45) is 0 Å². The Morgan fingerprint density at radius 1 is 1.37 bits per heavy atom. The van der Waals surface area contributed by atoms with Gasteiger partial charge in [-0.2, -0.15) is 0 Å². The molecule has 0 spiro atoms. The number of aryl methyl sites for hydroxylation is 1. The monoisotopic (exact) mass is 263 g/mol. The van der Waals surface area contributed by atoms with Crippen LogP contribution in [0.15, 0.2) is 18.2 Å². The summed E-state index contributed by atoms with van der Waals surface area (Å²) in [7, 11) is 0. The van der Waals surface area contributed by atoms with Gasteiger partial charge in [-0.15, -0.1) is 0 Å². The van der Waals surface area contributed by atoms with E-state index in [0.717, 1.165) is 42.3 Å². The summed E-state index contributed by atoms with van der Waals surface area (Å²) in [6.45, 7) is 3.49. The molecule has 2 heterocycles. The number of benzene rings is 1. The van der Waals surface area contributed by atoms with Crippen LogP contribution in [0.4, 0.5) is 8.78 Å². The van der Waals surface area contributed by atoms with Crippen molar-refractivity contribution in [1.82, 2.24) is 14.9 Å². The molecular formula is C14H15F2N3. The van der Waals surface area contributed by atoms with Gasteiger partial charge in [-0.3, -0.25) is 4.57 Å². The van der Waals surface area contributed by atoms with Crippen molar-refractivity contribution < 1.29 is 8.78 Å². The summed E-state index contributed by atoms with van der Waals surface area (Å²) in [4.78, 5) is 4.53. The van der Waals surface area contributed by atoms with Gasteiger partial charge < -0.3 is 5.32 Å². The average Bonchev–Trinajstić information content (AvgIpc) is 2.80. The fraction of sp³-hybridized carbons (Fsp3) is 0.357. The Morgan fingerprint density at radius 2 is 2.21 bits per heavy atom. The zero-order chi connectivity index (χ0) is 13.4. The highest BCUT2D eigenvalue weighted by Crippen LogP contribution is 2.24. The van der Waals surface area contributed by atoms with Crippen molar-refractivity contribution >= 4 is 0 Å². The third-order valence-electron chi connectivity index (χ3n) is 3.42. The molecule has 0 atom stereocenters. The summed E-state index contributed by atoms with van der Waals surface area (Å²) in [5.41, 5.74) is 2.18. The van der Waals surface area contributed by atoms with Crippen LogP contribution in [0.2, 0.25) is 0 Å². The number of hydrogen-bond donors (Lipinski definition) is 1. The first kappa shape index (κ1) is 12.3. The van der Waals surface area contributed by atoms with Gasteiger partial charge in [0, 0.05) is 37.7 Å². The van der Waals surface area contributed by atoms with E-state index in [1.165, 1.54) is 6.07 Å². The first-order chi connectivity index (χ1) is 9.20. The van der Waals surface area contributed by atoms with E-state index in [4.69, 9.17) is 0 Å². The van der Waals surface area contributed by atoms with Gasteiger partial charge in [0.15, 0.2) is 0 Å². The number of imidazole rings is 1. The Balaban J connectivity index is 2.23. The van der Waals surface area contributed by atoms with Crippen LogP contribution < -0.4 is 5.32 Å². The van der Waals surface area contributed by atoms with Gasteiger partial charge in [0.25, 0.3) is 0 Å². The Bertz CT molecular complexity index is 619. The molecule has 0 radical (unpaired) electrons. The highest BCUT2D eigenvalue weighted by atomic mass is 19.1. The van der Waals surface area contributed by atoms with Crippen LogP contribution in [0, 0.1) is 11.6 Å². The fourth-order valence-electron chi connectivity index (χ4n) is 2.55. The number of halogens is 2. The molecule has 100 valence electrons. The molecule has 19 heavy (non-hydrogen) atoms. The smallest absolute Gasteiger partial charge is 0.147 e. The van der Waals surface area contributed by atoms with Crippen molar-refractivity contribution in [3.05, 3.63) is 47.0 Å². The van der Waals surface area contributed by atoms with Crippen molar-refractivity contribution in [2.75, 3.05) is 6.54 Å². The molecule has 0 unspecified atom stereocenters. The molecule has 5 heteroatoms. The maximum absolute atomic E-state index is 14.0. The second kappa shape index (κ2) is 4.74. The lowest BCUT2D eigenvalue weighted by Crippen LogP contribution is -2.25. The van der Waals surface area contributed by atoms with Gasteiger partial charge >= 0.3 is 0 Å². The molecule has 1 aliphatic heterocycles. The van der Waals surface area contributed by atoms with Gasteiger partial charge in [0.2, 0.25) is 0 Å². The van der Waals surface area contributed by atoms with Gasteiger partial charge in [-0.1, -0.05) is 6.92 Å². The number of nitrogens with zero attached hydrogens (tertiary/aromatic N) is 2. The zero-order valence-corrected chi connectivity index (χ0v) is 10.7. The van der Waals surface area contributed by atoms with Gasteiger partial charge in [0.1, 0.15) is 17.5 Å². The van der Waals surface area contributed by atoms with Crippen molar-refractivity contribution in [3.63, 3.8) is 0 Å². The minimum Gasteiger partial charge on any atom is -0.311 e. The quantitative estimate of drug-likeness (QED) is 0.901.